The van der Waals surface area contributed by atoms with Crippen LogP contribution in [0.1, 0.15) is 208 Å². The molecule has 4 rings (SSSR count). The average Bonchev–Trinajstić information content (AvgIpc) is 3.28. The molecule has 294 valence electrons. The van der Waals surface area contributed by atoms with Gasteiger partial charge in [0.15, 0.2) is 0 Å². The van der Waals surface area contributed by atoms with Gasteiger partial charge in [0.25, 0.3) is 8.01 Å². The molecule has 0 atom stereocenters. The molecular weight excluding hydrogens is 664 g/mol. The van der Waals surface area contributed by atoms with Crippen LogP contribution in [0, 0.1) is 0 Å². The quantitative estimate of drug-likeness (QED) is 0.0795. The van der Waals surface area contributed by atoms with Crippen LogP contribution in [0.3, 0.4) is 0 Å². The summed E-state index contributed by atoms with van der Waals surface area (Å²) in [4.78, 5) is 0. The molecule has 4 aromatic rings. The highest BCUT2D eigenvalue weighted by atomic mass is 31.1. The number of hydrogen-bond acceptors (Lipinski definition) is 2. The first kappa shape index (κ1) is 43.3. The molecule has 0 bridgehead atoms. The minimum absolute atomic E-state index is 0.0369. The molecule has 0 amide bonds. The lowest BCUT2D eigenvalue weighted by molar-refractivity contribution is 0.436. The Morgan fingerprint density at radius 2 is 0.774 bits per heavy atom. The summed E-state index contributed by atoms with van der Waals surface area (Å²) in [6.07, 6.45) is 19.5. The monoisotopic (exact) mass is 741 g/mol. The van der Waals surface area contributed by atoms with E-state index in [4.69, 9.17) is 8.39 Å². The van der Waals surface area contributed by atoms with Gasteiger partial charge in [0.1, 0.15) is 11.2 Å². The second-order valence-electron chi connectivity index (χ2n) is 18.9. The molecule has 0 aliphatic rings. The molecule has 2 nitrogen and oxygen atoms in total. The maximum Gasteiger partial charge on any atom is 0.252 e. The Kier molecular flexibility index (Phi) is 15.5. The molecule has 0 saturated carbocycles. The molecule has 1 heterocycles. The molecule has 1 aromatic heterocycles. The number of benzene rings is 3. The Balaban J connectivity index is 2.26. The van der Waals surface area contributed by atoms with Crippen LogP contribution in [0.4, 0.5) is 0 Å². The Bertz CT molecular complexity index is 1660. The van der Waals surface area contributed by atoms with E-state index in [0.29, 0.717) is 0 Å². The van der Waals surface area contributed by atoms with Crippen molar-refractivity contribution in [2.45, 2.75) is 207 Å². The van der Waals surface area contributed by atoms with Crippen LogP contribution in [0.5, 0.6) is 0 Å². The van der Waals surface area contributed by atoms with Crippen molar-refractivity contribution in [3.05, 3.63) is 76.9 Å². The van der Waals surface area contributed by atoms with Gasteiger partial charge in [-0.25, -0.2) is 0 Å². The third-order valence-corrected chi connectivity index (χ3v) is 13.8. The molecule has 0 N–H and O–H groups in total. The van der Waals surface area contributed by atoms with Gasteiger partial charge in [-0.1, -0.05) is 190 Å². The maximum absolute atomic E-state index is 7.43. The van der Waals surface area contributed by atoms with E-state index in [0.717, 1.165) is 29.3 Å². The predicted molar refractivity (Wildman–Crippen MR) is 236 cm³/mol. The standard InChI is InChI=1S/C50H77O2P/c1-13-17-24-30-47(5,6)38-34-41-42-35-39(48(7,8)31-25-18-14-2)37-44(50(11,12)33-27-20-16-4)46(42)52-53(40-28-22-21-23-29-40)51-45(41)43(36-38)49(9,10)32-26-19-15-3/h21-23,28-29,34-37H,13-20,24-27,30-33H2,1-12H3. The molecule has 0 aliphatic heterocycles. The zero-order chi connectivity index (χ0) is 38.9. The molecule has 3 heteroatoms. The summed E-state index contributed by atoms with van der Waals surface area (Å²) < 4.78 is 14.9. The van der Waals surface area contributed by atoms with Crippen LogP contribution in [-0.2, 0) is 21.7 Å². The SMILES string of the molecule is CCCCCC(C)(C)c1cc(C(C)(C)CCCCC)c2op(-c3ccccc3)oc3c(C(C)(C)CCCCC)cc(C(C)(C)CCCCC)cc3c2c1. The summed E-state index contributed by atoms with van der Waals surface area (Å²) in [5, 5.41) is 3.59. The Morgan fingerprint density at radius 1 is 0.434 bits per heavy atom. The summed E-state index contributed by atoms with van der Waals surface area (Å²) in [5.74, 6) is 0. The molecule has 0 spiro atoms. The zero-order valence-electron chi connectivity index (χ0n) is 36.3. The minimum Gasteiger partial charge on any atom is -0.415 e. The summed E-state index contributed by atoms with van der Waals surface area (Å²) in [6.45, 7) is 29.0. The van der Waals surface area contributed by atoms with Gasteiger partial charge in [0.05, 0.1) is 5.30 Å². The van der Waals surface area contributed by atoms with Gasteiger partial charge in [-0.05, 0) is 82.7 Å². The van der Waals surface area contributed by atoms with Gasteiger partial charge in [0.2, 0.25) is 0 Å². The highest BCUT2D eigenvalue weighted by Gasteiger charge is 2.33. The highest BCUT2D eigenvalue weighted by molar-refractivity contribution is 7.45. The van der Waals surface area contributed by atoms with Crippen molar-refractivity contribution in [2.24, 2.45) is 0 Å². The molecule has 0 unspecified atom stereocenters. The van der Waals surface area contributed by atoms with Crippen molar-refractivity contribution < 1.29 is 8.39 Å². The van der Waals surface area contributed by atoms with Crippen LogP contribution >= 0.6 is 8.01 Å². The Hall–Kier alpha value is -2.44. The van der Waals surface area contributed by atoms with E-state index in [2.05, 4.69) is 138 Å². The Labute approximate surface area is 326 Å². The summed E-state index contributed by atoms with van der Waals surface area (Å²) in [7, 11) is -1.42. The van der Waals surface area contributed by atoms with Crippen LogP contribution in [0.2, 0.25) is 0 Å². The smallest absolute Gasteiger partial charge is 0.252 e. The third-order valence-electron chi connectivity index (χ3n) is 12.4. The van der Waals surface area contributed by atoms with Crippen molar-refractivity contribution >= 4 is 30.0 Å². The van der Waals surface area contributed by atoms with Gasteiger partial charge in [-0.15, -0.1) is 0 Å². The van der Waals surface area contributed by atoms with Gasteiger partial charge >= 0.3 is 0 Å². The number of rotatable bonds is 21. The van der Waals surface area contributed by atoms with Gasteiger partial charge < -0.3 is 8.39 Å². The fourth-order valence-electron chi connectivity index (χ4n) is 8.31. The van der Waals surface area contributed by atoms with Crippen molar-refractivity contribution in [3.63, 3.8) is 0 Å². The third kappa shape index (κ3) is 10.9. The van der Waals surface area contributed by atoms with Crippen LogP contribution in [0.25, 0.3) is 27.2 Å². The molecular formula is C50H77O2P. The molecule has 0 aliphatic carbocycles. The summed E-state index contributed by atoms with van der Waals surface area (Å²) in [5.41, 5.74) is 7.61. The van der Waals surface area contributed by atoms with Crippen molar-refractivity contribution in [3.8, 4) is 5.30 Å². The second-order valence-corrected chi connectivity index (χ2v) is 20.3. The van der Waals surface area contributed by atoms with Crippen molar-refractivity contribution in [1.29, 1.82) is 0 Å². The molecule has 0 saturated heterocycles. The van der Waals surface area contributed by atoms with E-state index in [1.54, 1.807) is 0 Å². The van der Waals surface area contributed by atoms with Gasteiger partial charge in [0, 0.05) is 21.9 Å². The van der Waals surface area contributed by atoms with E-state index in [-0.39, 0.29) is 21.7 Å². The molecule has 53 heavy (non-hydrogen) atoms. The van der Waals surface area contributed by atoms with E-state index in [9.17, 15) is 0 Å². The molecule has 3 aromatic carbocycles. The van der Waals surface area contributed by atoms with Gasteiger partial charge in [-0.2, -0.15) is 0 Å². The zero-order valence-corrected chi connectivity index (χ0v) is 37.2. The van der Waals surface area contributed by atoms with Crippen LogP contribution in [-0.4, -0.2) is 0 Å². The predicted octanol–water partition coefficient (Wildman–Crippen LogP) is 17.7. The molecule has 0 radical (unpaired) electrons. The maximum atomic E-state index is 7.43. The second kappa shape index (κ2) is 18.9. The molecule has 0 fully saturated rings. The van der Waals surface area contributed by atoms with Crippen molar-refractivity contribution in [2.75, 3.05) is 0 Å². The number of hydrogen-bond donors (Lipinski definition) is 0. The van der Waals surface area contributed by atoms with E-state index in [1.807, 2.05) is 0 Å². The van der Waals surface area contributed by atoms with E-state index >= 15 is 0 Å². The largest absolute Gasteiger partial charge is 0.415 e. The average molecular weight is 741 g/mol. The van der Waals surface area contributed by atoms with E-state index < -0.39 is 8.01 Å². The first-order chi connectivity index (χ1) is 25.1. The van der Waals surface area contributed by atoms with Crippen LogP contribution < -0.4 is 0 Å². The summed E-state index contributed by atoms with van der Waals surface area (Å²) >= 11 is 0. The van der Waals surface area contributed by atoms with Crippen LogP contribution in [0.15, 0.2) is 63.0 Å². The first-order valence-corrected chi connectivity index (χ1v) is 22.9. The fraction of sp³-hybridized carbons (Fsp3) is 0.640. The summed E-state index contributed by atoms with van der Waals surface area (Å²) in [6, 6.07) is 20.9. The van der Waals surface area contributed by atoms with Gasteiger partial charge in [-0.3, -0.25) is 0 Å². The highest BCUT2D eigenvalue weighted by Crippen LogP contribution is 2.50. The van der Waals surface area contributed by atoms with E-state index in [1.165, 1.54) is 123 Å². The minimum atomic E-state index is -1.42. The number of fused-ring (bicyclic) bond motifs is 3. The number of unbranched alkanes of at least 4 members (excludes halogenated alkanes) is 8. The topological polar surface area (TPSA) is 26.3 Å². The first-order valence-electron chi connectivity index (χ1n) is 21.7. The fourth-order valence-corrected chi connectivity index (χ4v) is 9.70. The Morgan fingerprint density at radius 3 is 1.11 bits per heavy atom. The van der Waals surface area contributed by atoms with Crippen molar-refractivity contribution in [1.82, 2.24) is 0 Å². The lowest BCUT2D eigenvalue weighted by Gasteiger charge is -2.32. The lowest BCUT2D eigenvalue weighted by atomic mass is 9.72. The lowest BCUT2D eigenvalue weighted by Crippen LogP contribution is -2.22. The normalized spacial score (nSPS) is 13.0.